The molecule has 1 aliphatic heterocycles. The van der Waals surface area contributed by atoms with E-state index in [-0.39, 0.29) is 5.91 Å². The SMILES string of the molecule is CSC(C)CNC(=O)CCC1CCNCC1. The van der Waals surface area contributed by atoms with Gasteiger partial charge in [0.15, 0.2) is 0 Å². The second kappa shape index (κ2) is 7.96. The van der Waals surface area contributed by atoms with Gasteiger partial charge in [0.2, 0.25) is 5.91 Å². The minimum atomic E-state index is 0.222. The lowest BCUT2D eigenvalue weighted by Gasteiger charge is -2.22. The largest absolute Gasteiger partial charge is 0.355 e. The van der Waals surface area contributed by atoms with E-state index in [4.69, 9.17) is 0 Å². The van der Waals surface area contributed by atoms with Crippen LogP contribution in [0, 0.1) is 5.92 Å². The Labute approximate surface area is 103 Å². The number of thioether (sulfide) groups is 1. The van der Waals surface area contributed by atoms with Crippen molar-refractivity contribution in [1.82, 2.24) is 10.6 Å². The zero-order valence-corrected chi connectivity index (χ0v) is 11.2. The van der Waals surface area contributed by atoms with Crippen LogP contribution < -0.4 is 10.6 Å². The lowest BCUT2D eigenvalue weighted by molar-refractivity contribution is -0.121. The highest BCUT2D eigenvalue weighted by molar-refractivity contribution is 7.99. The third-order valence-corrected chi connectivity index (χ3v) is 4.20. The van der Waals surface area contributed by atoms with Gasteiger partial charge in [-0.1, -0.05) is 6.92 Å². The van der Waals surface area contributed by atoms with E-state index in [0.29, 0.717) is 11.7 Å². The first kappa shape index (κ1) is 13.8. The molecule has 0 aromatic rings. The molecule has 3 nitrogen and oxygen atoms in total. The maximum atomic E-state index is 11.6. The van der Waals surface area contributed by atoms with Crippen molar-refractivity contribution in [2.75, 3.05) is 25.9 Å². The molecule has 1 amide bonds. The summed E-state index contributed by atoms with van der Waals surface area (Å²) < 4.78 is 0. The molecule has 0 aromatic heterocycles. The Morgan fingerprint density at radius 1 is 1.50 bits per heavy atom. The highest BCUT2D eigenvalue weighted by Crippen LogP contribution is 2.17. The number of hydrogen-bond donors (Lipinski definition) is 2. The minimum Gasteiger partial charge on any atom is -0.355 e. The first-order valence-corrected chi connectivity index (χ1v) is 7.51. The van der Waals surface area contributed by atoms with Crippen LogP contribution in [0.1, 0.15) is 32.6 Å². The van der Waals surface area contributed by atoms with Crippen LogP contribution in [0.3, 0.4) is 0 Å². The van der Waals surface area contributed by atoms with Crippen molar-refractivity contribution < 1.29 is 4.79 Å². The molecular weight excluding hydrogens is 220 g/mol. The number of carbonyl (C=O) groups excluding carboxylic acids is 1. The van der Waals surface area contributed by atoms with Crippen molar-refractivity contribution in [3.05, 3.63) is 0 Å². The van der Waals surface area contributed by atoms with Gasteiger partial charge in [-0.2, -0.15) is 11.8 Å². The Morgan fingerprint density at radius 2 is 2.19 bits per heavy atom. The lowest BCUT2D eigenvalue weighted by Crippen LogP contribution is -2.31. The van der Waals surface area contributed by atoms with E-state index < -0.39 is 0 Å². The van der Waals surface area contributed by atoms with E-state index in [1.54, 1.807) is 11.8 Å². The van der Waals surface area contributed by atoms with E-state index in [2.05, 4.69) is 23.8 Å². The molecule has 2 N–H and O–H groups in total. The van der Waals surface area contributed by atoms with Crippen molar-refractivity contribution >= 4 is 17.7 Å². The van der Waals surface area contributed by atoms with Crippen molar-refractivity contribution in [2.45, 2.75) is 37.9 Å². The van der Waals surface area contributed by atoms with Crippen molar-refractivity contribution in [2.24, 2.45) is 5.92 Å². The number of hydrogen-bond acceptors (Lipinski definition) is 3. The van der Waals surface area contributed by atoms with Gasteiger partial charge in [0.25, 0.3) is 0 Å². The number of piperidine rings is 1. The topological polar surface area (TPSA) is 41.1 Å². The number of rotatable bonds is 6. The fourth-order valence-corrected chi connectivity index (χ4v) is 2.18. The average molecular weight is 244 g/mol. The molecule has 1 saturated heterocycles. The molecular formula is C12H24N2OS. The molecule has 1 aliphatic rings. The van der Waals surface area contributed by atoms with Gasteiger partial charge in [-0.05, 0) is 44.5 Å². The molecule has 1 unspecified atom stereocenters. The molecule has 0 radical (unpaired) electrons. The minimum absolute atomic E-state index is 0.222. The zero-order valence-electron chi connectivity index (χ0n) is 10.4. The van der Waals surface area contributed by atoms with Gasteiger partial charge < -0.3 is 10.6 Å². The molecule has 0 spiro atoms. The third kappa shape index (κ3) is 5.75. The molecule has 1 heterocycles. The van der Waals surface area contributed by atoms with Crippen LogP contribution in [0.2, 0.25) is 0 Å². The van der Waals surface area contributed by atoms with Gasteiger partial charge in [-0.15, -0.1) is 0 Å². The van der Waals surface area contributed by atoms with Gasteiger partial charge in [0.1, 0.15) is 0 Å². The average Bonchev–Trinajstić information content (AvgIpc) is 2.34. The maximum Gasteiger partial charge on any atom is 0.220 e. The molecule has 1 rings (SSSR count). The summed E-state index contributed by atoms with van der Waals surface area (Å²) in [5, 5.41) is 6.86. The quantitative estimate of drug-likeness (QED) is 0.746. The molecule has 1 fully saturated rings. The standard InChI is InChI=1S/C12H24N2OS/c1-10(16-2)9-14-12(15)4-3-11-5-7-13-8-6-11/h10-11,13H,3-9H2,1-2H3,(H,14,15). The van der Waals surface area contributed by atoms with Gasteiger partial charge in [-0.25, -0.2) is 0 Å². The van der Waals surface area contributed by atoms with Crippen LogP contribution in [0.4, 0.5) is 0 Å². The molecule has 1 atom stereocenters. The summed E-state index contributed by atoms with van der Waals surface area (Å²) in [5.74, 6) is 0.976. The van der Waals surface area contributed by atoms with Crippen molar-refractivity contribution in [3.63, 3.8) is 0 Å². The normalized spacial score (nSPS) is 19.4. The molecule has 0 bridgehead atoms. The van der Waals surface area contributed by atoms with Crippen LogP contribution >= 0.6 is 11.8 Å². The van der Waals surface area contributed by atoms with E-state index in [1.807, 2.05) is 0 Å². The Morgan fingerprint density at radius 3 is 2.81 bits per heavy atom. The first-order valence-electron chi connectivity index (χ1n) is 6.22. The van der Waals surface area contributed by atoms with Gasteiger partial charge in [-0.3, -0.25) is 4.79 Å². The number of amides is 1. The summed E-state index contributed by atoms with van der Waals surface area (Å²) in [6.07, 6.45) is 6.29. The highest BCUT2D eigenvalue weighted by atomic mass is 32.2. The summed E-state index contributed by atoms with van der Waals surface area (Å²) >= 11 is 1.79. The van der Waals surface area contributed by atoms with E-state index in [0.717, 1.165) is 32.0 Å². The van der Waals surface area contributed by atoms with E-state index in [1.165, 1.54) is 12.8 Å². The summed E-state index contributed by atoms with van der Waals surface area (Å²) in [6, 6.07) is 0. The summed E-state index contributed by atoms with van der Waals surface area (Å²) in [7, 11) is 0. The smallest absolute Gasteiger partial charge is 0.220 e. The Balaban J connectivity index is 2.05. The molecule has 16 heavy (non-hydrogen) atoms. The van der Waals surface area contributed by atoms with Crippen molar-refractivity contribution in [1.29, 1.82) is 0 Å². The Bertz CT molecular complexity index is 205. The second-order valence-corrected chi connectivity index (χ2v) is 5.86. The number of carbonyl (C=O) groups is 1. The highest BCUT2D eigenvalue weighted by Gasteiger charge is 2.14. The van der Waals surface area contributed by atoms with Crippen LogP contribution in [-0.2, 0) is 4.79 Å². The summed E-state index contributed by atoms with van der Waals surface area (Å²) in [6.45, 7) is 5.18. The van der Waals surface area contributed by atoms with Crippen LogP contribution in [0.25, 0.3) is 0 Å². The number of nitrogens with one attached hydrogen (secondary N) is 2. The molecule has 4 heteroatoms. The lowest BCUT2D eigenvalue weighted by atomic mass is 9.93. The predicted molar refractivity (Wildman–Crippen MR) is 70.8 cm³/mol. The zero-order chi connectivity index (χ0) is 11.8. The third-order valence-electron chi connectivity index (χ3n) is 3.23. The molecule has 94 valence electrons. The summed E-state index contributed by atoms with van der Waals surface area (Å²) in [4.78, 5) is 11.6. The molecule has 0 aromatic carbocycles. The fourth-order valence-electron chi connectivity index (χ4n) is 1.93. The first-order chi connectivity index (χ1) is 7.72. The van der Waals surface area contributed by atoms with Gasteiger partial charge in [0.05, 0.1) is 0 Å². The van der Waals surface area contributed by atoms with Gasteiger partial charge in [0, 0.05) is 18.2 Å². The Kier molecular flexibility index (Phi) is 6.88. The monoisotopic (exact) mass is 244 g/mol. The van der Waals surface area contributed by atoms with Crippen LogP contribution in [0.5, 0.6) is 0 Å². The summed E-state index contributed by atoms with van der Waals surface area (Å²) in [5.41, 5.74) is 0. The maximum absolute atomic E-state index is 11.6. The Hall–Kier alpha value is -0.220. The van der Waals surface area contributed by atoms with Crippen molar-refractivity contribution in [3.8, 4) is 0 Å². The van der Waals surface area contributed by atoms with Crippen LogP contribution in [0.15, 0.2) is 0 Å². The van der Waals surface area contributed by atoms with Gasteiger partial charge >= 0.3 is 0 Å². The predicted octanol–water partition coefficient (Wildman–Crippen LogP) is 1.63. The van der Waals surface area contributed by atoms with E-state index >= 15 is 0 Å². The second-order valence-electron chi connectivity index (χ2n) is 4.58. The van der Waals surface area contributed by atoms with E-state index in [9.17, 15) is 4.79 Å². The fraction of sp³-hybridized carbons (Fsp3) is 0.917. The molecule has 0 aliphatic carbocycles. The van der Waals surface area contributed by atoms with Crippen LogP contribution in [-0.4, -0.2) is 37.0 Å². The molecule has 0 saturated carbocycles.